The number of imidazole rings is 1. The molecule has 0 bridgehead atoms. The molecule has 174 valence electrons. The quantitative estimate of drug-likeness (QED) is 0.441. The smallest absolute Gasteiger partial charge is 0.243 e. The van der Waals surface area contributed by atoms with Crippen molar-refractivity contribution in [2.24, 2.45) is 0 Å². The molecule has 1 amide bonds. The minimum Gasteiger partial charge on any atom is -0.338 e. The largest absolute Gasteiger partial charge is 0.338 e. The lowest BCUT2D eigenvalue weighted by Crippen LogP contribution is -2.43. The third-order valence-electron chi connectivity index (χ3n) is 6.39. The van der Waals surface area contributed by atoms with Crippen molar-refractivity contribution < 1.29 is 13.2 Å². The molecule has 1 aromatic heterocycles. The van der Waals surface area contributed by atoms with Gasteiger partial charge in [0.2, 0.25) is 15.9 Å². The zero-order chi connectivity index (χ0) is 23.9. The van der Waals surface area contributed by atoms with E-state index in [0.717, 1.165) is 16.7 Å². The minimum atomic E-state index is -3.86. The summed E-state index contributed by atoms with van der Waals surface area (Å²) in [6, 6.07) is 19.5. The second-order valence-corrected chi connectivity index (χ2v) is 10.6. The number of rotatable bonds is 5. The number of aromatic amines is 1. The molecule has 1 aliphatic rings. The Kier molecular flexibility index (Phi) is 5.71. The van der Waals surface area contributed by atoms with Gasteiger partial charge in [0.25, 0.3) is 0 Å². The summed E-state index contributed by atoms with van der Waals surface area (Å²) in [4.78, 5) is 21.0. The van der Waals surface area contributed by atoms with E-state index in [0.29, 0.717) is 41.9 Å². The molecule has 3 aromatic carbocycles. The number of amides is 1. The van der Waals surface area contributed by atoms with E-state index in [1.807, 2.05) is 62.4 Å². The van der Waals surface area contributed by atoms with Gasteiger partial charge in [-0.25, -0.2) is 13.4 Å². The summed E-state index contributed by atoms with van der Waals surface area (Å²) in [5.74, 6) is 0.371. The number of H-pyrrole nitrogens is 1. The van der Waals surface area contributed by atoms with E-state index in [2.05, 4.69) is 15.3 Å². The van der Waals surface area contributed by atoms with Crippen molar-refractivity contribution in [3.8, 4) is 11.4 Å². The van der Waals surface area contributed by atoms with E-state index in [1.165, 1.54) is 4.31 Å². The van der Waals surface area contributed by atoms with E-state index >= 15 is 0 Å². The molecule has 7 nitrogen and oxygen atoms in total. The number of anilines is 1. The fourth-order valence-electron chi connectivity index (χ4n) is 4.35. The lowest BCUT2D eigenvalue weighted by Gasteiger charge is -2.23. The molecule has 1 fully saturated rings. The SMILES string of the molecule is Cc1ccc(NC(=O)[C@H]2CCCN2S(=O)(=O)c2ccc3nc(-c4ccccc4)[nH]c3c2)cc1C. The summed E-state index contributed by atoms with van der Waals surface area (Å²) >= 11 is 0. The van der Waals surface area contributed by atoms with Crippen molar-refractivity contribution in [1.29, 1.82) is 0 Å². The average Bonchev–Trinajstić information content (AvgIpc) is 3.49. The molecule has 8 heteroatoms. The number of hydrogen-bond donors (Lipinski definition) is 2. The van der Waals surface area contributed by atoms with Crippen LogP contribution in [-0.4, -0.2) is 41.2 Å². The Hall–Kier alpha value is -3.49. The van der Waals surface area contributed by atoms with Crippen LogP contribution in [0.25, 0.3) is 22.4 Å². The fourth-order valence-corrected chi connectivity index (χ4v) is 6.04. The number of carbonyl (C=O) groups is 1. The van der Waals surface area contributed by atoms with Gasteiger partial charge in [0.15, 0.2) is 0 Å². The standard InChI is InChI=1S/C26H26N4O3S/c1-17-10-11-20(15-18(17)2)27-26(31)24-9-6-14-30(24)34(32,33)21-12-13-22-23(16-21)29-25(28-22)19-7-4-3-5-8-19/h3-5,7-8,10-13,15-16,24H,6,9,14H2,1-2H3,(H,27,31)(H,28,29)/t24-/m1/s1. The van der Waals surface area contributed by atoms with Crippen LogP contribution >= 0.6 is 0 Å². The molecule has 0 spiro atoms. The number of carbonyl (C=O) groups excluding carboxylic acids is 1. The van der Waals surface area contributed by atoms with Crippen molar-refractivity contribution in [2.45, 2.75) is 37.6 Å². The maximum Gasteiger partial charge on any atom is 0.243 e. The molecule has 0 saturated carbocycles. The number of nitrogens with zero attached hydrogens (tertiary/aromatic N) is 2. The molecule has 2 heterocycles. The summed E-state index contributed by atoms with van der Waals surface area (Å²) in [5, 5.41) is 2.90. The van der Waals surface area contributed by atoms with Crippen LogP contribution in [0.3, 0.4) is 0 Å². The summed E-state index contributed by atoms with van der Waals surface area (Å²) in [6.07, 6.45) is 1.12. The van der Waals surface area contributed by atoms with Crippen LogP contribution in [0.2, 0.25) is 0 Å². The number of fused-ring (bicyclic) bond motifs is 1. The molecular weight excluding hydrogens is 448 g/mol. The van der Waals surface area contributed by atoms with Gasteiger partial charge in [-0.2, -0.15) is 4.31 Å². The summed E-state index contributed by atoms with van der Waals surface area (Å²) < 4.78 is 28.4. The maximum absolute atomic E-state index is 13.5. The molecule has 0 radical (unpaired) electrons. The lowest BCUT2D eigenvalue weighted by atomic mass is 10.1. The summed E-state index contributed by atoms with van der Waals surface area (Å²) in [6.45, 7) is 4.29. The van der Waals surface area contributed by atoms with Gasteiger partial charge in [0.05, 0.1) is 15.9 Å². The number of sulfonamides is 1. The van der Waals surface area contributed by atoms with Crippen LogP contribution < -0.4 is 5.32 Å². The van der Waals surface area contributed by atoms with Crippen LogP contribution in [0, 0.1) is 13.8 Å². The van der Waals surface area contributed by atoms with Gasteiger partial charge in [0, 0.05) is 17.8 Å². The van der Waals surface area contributed by atoms with Crippen molar-refractivity contribution in [3.63, 3.8) is 0 Å². The topological polar surface area (TPSA) is 95.2 Å². The number of aryl methyl sites for hydroxylation is 2. The normalized spacial score (nSPS) is 16.7. The van der Waals surface area contributed by atoms with E-state index in [9.17, 15) is 13.2 Å². The Labute approximate surface area is 198 Å². The lowest BCUT2D eigenvalue weighted by molar-refractivity contribution is -0.119. The van der Waals surface area contributed by atoms with Gasteiger partial charge >= 0.3 is 0 Å². The molecule has 2 N–H and O–H groups in total. The Morgan fingerprint density at radius 2 is 1.82 bits per heavy atom. The van der Waals surface area contributed by atoms with E-state index in [4.69, 9.17) is 0 Å². The highest BCUT2D eigenvalue weighted by Crippen LogP contribution is 2.29. The molecular formula is C26H26N4O3S. The first-order chi connectivity index (χ1) is 16.3. The molecule has 34 heavy (non-hydrogen) atoms. The van der Waals surface area contributed by atoms with Crippen LogP contribution in [0.15, 0.2) is 71.6 Å². The predicted molar refractivity (Wildman–Crippen MR) is 133 cm³/mol. The van der Waals surface area contributed by atoms with Gasteiger partial charge in [-0.3, -0.25) is 4.79 Å². The molecule has 0 unspecified atom stereocenters. The zero-order valence-corrected chi connectivity index (χ0v) is 19.9. The van der Waals surface area contributed by atoms with Crippen molar-refractivity contribution in [2.75, 3.05) is 11.9 Å². The third-order valence-corrected chi connectivity index (χ3v) is 8.29. The van der Waals surface area contributed by atoms with E-state index in [1.54, 1.807) is 18.2 Å². The number of benzene rings is 3. The predicted octanol–water partition coefficient (Wildman–Crippen LogP) is 4.64. The van der Waals surface area contributed by atoms with Crippen LogP contribution in [0.5, 0.6) is 0 Å². The Bertz CT molecular complexity index is 1480. The van der Waals surface area contributed by atoms with Gasteiger partial charge in [-0.15, -0.1) is 0 Å². The van der Waals surface area contributed by atoms with Crippen LogP contribution in [0.1, 0.15) is 24.0 Å². The molecule has 1 saturated heterocycles. The van der Waals surface area contributed by atoms with Crippen molar-refractivity contribution in [1.82, 2.24) is 14.3 Å². The Morgan fingerprint density at radius 3 is 2.59 bits per heavy atom. The minimum absolute atomic E-state index is 0.147. The summed E-state index contributed by atoms with van der Waals surface area (Å²) in [7, 11) is -3.86. The van der Waals surface area contributed by atoms with Gasteiger partial charge in [0.1, 0.15) is 11.9 Å². The second kappa shape index (κ2) is 8.70. The Balaban J connectivity index is 1.41. The number of nitrogens with one attached hydrogen (secondary N) is 2. The van der Waals surface area contributed by atoms with Crippen LogP contribution in [-0.2, 0) is 14.8 Å². The first-order valence-electron chi connectivity index (χ1n) is 11.3. The average molecular weight is 475 g/mol. The highest BCUT2D eigenvalue weighted by atomic mass is 32.2. The van der Waals surface area contributed by atoms with Crippen molar-refractivity contribution >= 4 is 32.7 Å². The zero-order valence-electron chi connectivity index (χ0n) is 19.1. The third kappa shape index (κ3) is 4.10. The summed E-state index contributed by atoms with van der Waals surface area (Å²) in [5.41, 5.74) is 5.11. The molecule has 1 aliphatic heterocycles. The second-order valence-electron chi connectivity index (χ2n) is 8.69. The molecule has 0 aliphatic carbocycles. The molecule has 1 atom stereocenters. The van der Waals surface area contributed by atoms with Crippen molar-refractivity contribution in [3.05, 3.63) is 77.9 Å². The maximum atomic E-state index is 13.5. The number of hydrogen-bond acceptors (Lipinski definition) is 4. The van der Waals surface area contributed by atoms with Gasteiger partial charge in [-0.1, -0.05) is 36.4 Å². The first kappa shape index (κ1) is 22.3. The van der Waals surface area contributed by atoms with E-state index in [-0.39, 0.29) is 10.8 Å². The highest BCUT2D eigenvalue weighted by molar-refractivity contribution is 7.89. The molecule has 5 rings (SSSR count). The van der Waals surface area contributed by atoms with E-state index < -0.39 is 16.1 Å². The number of aromatic nitrogens is 2. The Morgan fingerprint density at radius 1 is 1.03 bits per heavy atom. The first-order valence-corrected chi connectivity index (χ1v) is 12.7. The van der Waals surface area contributed by atoms with Gasteiger partial charge < -0.3 is 10.3 Å². The van der Waals surface area contributed by atoms with Gasteiger partial charge in [-0.05, 0) is 68.1 Å². The highest BCUT2D eigenvalue weighted by Gasteiger charge is 2.39. The molecule has 4 aromatic rings. The fraction of sp³-hybridized carbons (Fsp3) is 0.231. The van der Waals surface area contributed by atoms with Crippen LogP contribution in [0.4, 0.5) is 5.69 Å². The monoisotopic (exact) mass is 474 g/mol.